The van der Waals surface area contributed by atoms with Crippen molar-refractivity contribution in [3.63, 3.8) is 0 Å². The van der Waals surface area contributed by atoms with Gasteiger partial charge in [-0.2, -0.15) is 0 Å². The lowest BCUT2D eigenvalue weighted by molar-refractivity contribution is 0.144. The Labute approximate surface area is 116 Å². The molecule has 1 heterocycles. The second-order valence-electron chi connectivity index (χ2n) is 5.20. The van der Waals surface area contributed by atoms with Gasteiger partial charge in [0.1, 0.15) is 0 Å². The van der Waals surface area contributed by atoms with Crippen molar-refractivity contribution in [2.24, 2.45) is 0 Å². The third-order valence-electron chi connectivity index (χ3n) is 3.70. The summed E-state index contributed by atoms with van der Waals surface area (Å²) in [5.41, 5.74) is 7.50. The van der Waals surface area contributed by atoms with E-state index in [9.17, 15) is 5.11 Å². The highest BCUT2D eigenvalue weighted by molar-refractivity contribution is 7.22. The number of hydrogen-bond acceptors (Lipinski definition) is 5. The Morgan fingerprint density at radius 3 is 3.00 bits per heavy atom. The molecular formula is C14H19N3OS. The smallest absolute Gasteiger partial charge is 0.184 e. The molecule has 1 aromatic carbocycles. The van der Waals surface area contributed by atoms with Crippen LogP contribution in [-0.2, 0) is 0 Å². The van der Waals surface area contributed by atoms with E-state index in [0.717, 1.165) is 40.3 Å². The average molecular weight is 277 g/mol. The van der Waals surface area contributed by atoms with Crippen LogP contribution in [0.25, 0.3) is 10.2 Å². The highest BCUT2D eigenvalue weighted by Crippen LogP contribution is 2.29. The minimum atomic E-state index is -0.264. The number of hydrogen-bond donors (Lipinski definition) is 3. The minimum absolute atomic E-state index is 0.125. The second-order valence-corrected chi connectivity index (χ2v) is 6.23. The molecule has 2 aromatic rings. The van der Waals surface area contributed by atoms with E-state index in [1.54, 1.807) is 11.3 Å². The molecule has 19 heavy (non-hydrogen) atoms. The molecule has 4 N–H and O–H groups in total. The van der Waals surface area contributed by atoms with E-state index < -0.39 is 0 Å². The molecule has 1 aliphatic rings. The summed E-state index contributed by atoms with van der Waals surface area (Å²) in [6.07, 6.45) is 5.14. The van der Waals surface area contributed by atoms with Gasteiger partial charge in [-0.15, -0.1) is 0 Å². The molecule has 2 unspecified atom stereocenters. The van der Waals surface area contributed by atoms with Gasteiger partial charge in [0.15, 0.2) is 5.13 Å². The third kappa shape index (κ3) is 2.82. The lowest BCUT2D eigenvalue weighted by atomic mass is 10.1. The summed E-state index contributed by atoms with van der Waals surface area (Å²) < 4.78 is 1.09. The summed E-state index contributed by atoms with van der Waals surface area (Å²) in [4.78, 5) is 4.55. The summed E-state index contributed by atoms with van der Waals surface area (Å²) in [7, 11) is 0. The topological polar surface area (TPSA) is 71.2 Å². The first-order valence-electron chi connectivity index (χ1n) is 6.83. The van der Waals surface area contributed by atoms with Crippen LogP contribution in [0.1, 0.15) is 32.1 Å². The van der Waals surface area contributed by atoms with Crippen molar-refractivity contribution in [1.82, 2.24) is 4.98 Å². The number of thiazole rings is 1. The number of nitrogens with two attached hydrogens (primary N) is 1. The molecule has 4 nitrogen and oxygen atoms in total. The number of aromatic nitrogens is 1. The normalized spacial score (nSPS) is 24.3. The van der Waals surface area contributed by atoms with E-state index in [1.807, 2.05) is 18.2 Å². The van der Waals surface area contributed by atoms with Crippen molar-refractivity contribution in [3.8, 4) is 0 Å². The van der Waals surface area contributed by atoms with Crippen LogP contribution in [0.2, 0.25) is 0 Å². The van der Waals surface area contributed by atoms with Crippen molar-refractivity contribution in [2.45, 2.75) is 44.2 Å². The first-order valence-corrected chi connectivity index (χ1v) is 7.65. The molecule has 0 spiro atoms. The number of nitrogens with zero attached hydrogens (tertiary/aromatic N) is 1. The zero-order chi connectivity index (χ0) is 13.2. The second kappa shape index (κ2) is 5.35. The van der Waals surface area contributed by atoms with Crippen molar-refractivity contribution in [2.75, 3.05) is 11.1 Å². The molecule has 2 atom stereocenters. The Balaban J connectivity index is 1.80. The molecule has 1 aliphatic carbocycles. The van der Waals surface area contributed by atoms with E-state index in [1.165, 1.54) is 12.8 Å². The summed E-state index contributed by atoms with van der Waals surface area (Å²) >= 11 is 1.60. The predicted octanol–water partition coefficient (Wildman–Crippen LogP) is 2.98. The predicted molar refractivity (Wildman–Crippen MR) is 80.5 cm³/mol. The molecular weight excluding hydrogens is 258 g/mol. The Morgan fingerprint density at radius 1 is 1.26 bits per heavy atom. The molecule has 0 bridgehead atoms. The Bertz CT molecular complexity index is 569. The Hall–Kier alpha value is -1.33. The monoisotopic (exact) mass is 277 g/mol. The maximum atomic E-state index is 10.1. The van der Waals surface area contributed by atoms with Crippen molar-refractivity contribution in [1.29, 1.82) is 0 Å². The standard InChI is InChI=1S/C14H19N3OS/c15-9-6-7-11-13(8-9)19-14(17-11)16-10-4-2-1-3-5-12(10)18/h6-8,10,12,18H,1-5,15H2,(H,16,17). The van der Waals surface area contributed by atoms with Crippen molar-refractivity contribution < 1.29 is 5.11 Å². The van der Waals surface area contributed by atoms with Crippen molar-refractivity contribution >= 4 is 32.4 Å². The Morgan fingerprint density at radius 2 is 2.11 bits per heavy atom. The summed E-state index contributed by atoms with van der Waals surface area (Å²) in [5, 5.41) is 14.4. The molecule has 1 fully saturated rings. The summed E-state index contributed by atoms with van der Waals surface area (Å²) in [5.74, 6) is 0. The molecule has 0 saturated heterocycles. The van der Waals surface area contributed by atoms with Gasteiger partial charge in [-0.3, -0.25) is 0 Å². The molecule has 0 amide bonds. The van der Waals surface area contributed by atoms with Gasteiger partial charge in [-0.05, 0) is 31.0 Å². The van der Waals surface area contributed by atoms with Gasteiger partial charge in [0.2, 0.25) is 0 Å². The van der Waals surface area contributed by atoms with E-state index >= 15 is 0 Å². The number of aliphatic hydroxyl groups excluding tert-OH is 1. The zero-order valence-corrected chi connectivity index (χ0v) is 11.6. The molecule has 0 radical (unpaired) electrons. The number of aliphatic hydroxyl groups is 1. The van der Waals surface area contributed by atoms with Crippen LogP contribution >= 0.6 is 11.3 Å². The molecule has 1 aromatic heterocycles. The number of anilines is 2. The fraction of sp³-hybridized carbons (Fsp3) is 0.500. The van der Waals surface area contributed by atoms with E-state index in [2.05, 4.69) is 10.3 Å². The first-order chi connectivity index (χ1) is 9.22. The minimum Gasteiger partial charge on any atom is -0.399 e. The molecule has 0 aliphatic heterocycles. The molecule has 5 heteroatoms. The highest BCUT2D eigenvalue weighted by Gasteiger charge is 2.22. The van der Waals surface area contributed by atoms with Gasteiger partial charge in [-0.1, -0.05) is 30.6 Å². The largest absolute Gasteiger partial charge is 0.399 e. The van der Waals surface area contributed by atoms with Crippen molar-refractivity contribution in [3.05, 3.63) is 18.2 Å². The van der Waals surface area contributed by atoms with Crippen LogP contribution in [0.3, 0.4) is 0 Å². The number of nitrogens with one attached hydrogen (secondary N) is 1. The average Bonchev–Trinajstić information content (AvgIpc) is 2.66. The summed E-state index contributed by atoms with van der Waals surface area (Å²) in [6.45, 7) is 0. The van der Waals surface area contributed by atoms with Crippen LogP contribution in [0.4, 0.5) is 10.8 Å². The van der Waals surface area contributed by atoms with Gasteiger partial charge < -0.3 is 16.2 Å². The van der Waals surface area contributed by atoms with Crippen LogP contribution in [0.15, 0.2) is 18.2 Å². The van der Waals surface area contributed by atoms with Gasteiger partial charge in [-0.25, -0.2) is 4.98 Å². The van der Waals surface area contributed by atoms with E-state index in [-0.39, 0.29) is 12.1 Å². The lowest BCUT2D eigenvalue weighted by Gasteiger charge is -2.21. The van der Waals surface area contributed by atoms with Gasteiger partial charge in [0, 0.05) is 5.69 Å². The fourth-order valence-electron chi connectivity index (χ4n) is 2.62. The highest BCUT2D eigenvalue weighted by atomic mass is 32.1. The van der Waals surface area contributed by atoms with Crippen LogP contribution in [0, 0.1) is 0 Å². The molecule has 102 valence electrons. The van der Waals surface area contributed by atoms with E-state index in [4.69, 9.17) is 5.73 Å². The van der Waals surface area contributed by atoms with Crippen LogP contribution in [0.5, 0.6) is 0 Å². The van der Waals surface area contributed by atoms with Gasteiger partial charge in [0.25, 0.3) is 0 Å². The van der Waals surface area contributed by atoms with Crippen LogP contribution < -0.4 is 11.1 Å². The van der Waals surface area contributed by atoms with Crippen LogP contribution in [-0.4, -0.2) is 22.2 Å². The summed E-state index contributed by atoms with van der Waals surface area (Å²) in [6, 6.07) is 5.88. The number of benzene rings is 1. The number of rotatable bonds is 2. The maximum absolute atomic E-state index is 10.1. The molecule has 1 saturated carbocycles. The van der Waals surface area contributed by atoms with Gasteiger partial charge in [0.05, 0.1) is 22.4 Å². The fourth-order valence-corrected chi connectivity index (χ4v) is 3.59. The zero-order valence-electron chi connectivity index (χ0n) is 10.8. The quantitative estimate of drug-likeness (QED) is 0.583. The number of fused-ring (bicyclic) bond motifs is 1. The molecule has 3 rings (SSSR count). The third-order valence-corrected chi connectivity index (χ3v) is 4.65. The number of nitrogen functional groups attached to an aromatic ring is 1. The van der Waals surface area contributed by atoms with E-state index in [0.29, 0.717) is 0 Å². The van der Waals surface area contributed by atoms with Gasteiger partial charge >= 0.3 is 0 Å². The first kappa shape index (κ1) is 12.7. The maximum Gasteiger partial charge on any atom is 0.184 e. The Kier molecular flexibility index (Phi) is 3.57. The lowest BCUT2D eigenvalue weighted by Crippen LogP contribution is -2.32. The SMILES string of the molecule is Nc1ccc2nc(NC3CCCCCC3O)sc2c1.